The van der Waals surface area contributed by atoms with Crippen LogP contribution in [0.15, 0.2) is 15.7 Å². The van der Waals surface area contributed by atoms with Crippen molar-refractivity contribution < 1.29 is 9.36 Å². The van der Waals surface area contributed by atoms with Gasteiger partial charge in [-0.3, -0.25) is 4.68 Å². The van der Waals surface area contributed by atoms with Gasteiger partial charge < -0.3 is 9.36 Å². The lowest BCUT2D eigenvalue weighted by Crippen LogP contribution is -2.26. The van der Waals surface area contributed by atoms with Gasteiger partial charge in [-0.1, -0.05) is 31.1 Å². The molecule has 0 saturated heterocycles. The first kappa shape index (κ1) is 15.7. The maximum Gasteiger partial charge on any atom is 0.273 e. The maximum atomic E-state index is 5.63. The Morgan fingerprint density at radius 1 is 1.35 bits per heavy atom. The van der Waals surface area contributed by atoms with E-state index in [1.807, 2.05) is 31.6 Å². The van der Waals surface area contributed by atoms with E-state index in [-0.39, 0.29) is 5.41 Å². The average Bonchev–Trinajstić information content (AvgIpc) is 3.11. The van der Waals surface area contributed by atoms with Crippen molar-refractivity contribution in [1.29, 1.82) is 0 Å². The summed E-state index contributed by atoms with van der Waals surface area (Å²) >= 11 is 0. The predicted octanol–water partition coefficient (Wildman–Crippen LogP) is 2.74. The van der Waals surface area contributed by atoms with Crippen LogP contribution in [-0.2, 0) is 23.9 Å². The third-order valence-electron chi connectivity index (χ3n) is 4.09. The van der Waals surface area contributed by atoms with E-state index in [1.165, 1.54) is 0 Å². The van der Waals surface area contributed by atoms with E-state index in [9.17, 15) is 0 Å². The predicted molar refractivity (Wildman–Crippen MR) is 85.0 cm³/mol. The second-order valence-electron chi connectivity index (χ2n) is 7.38. The summed E-state index contributed by atoms with van der Waals surface area (Å²) in [6.45, 7) is 10.2. The minimum Gasteiger partial charge on any atom is -0.379 e. The van der Waals surface area contributed by atoms with Gasteiger partial charge in [0, 0.05) is 24.6 Å². The van der Waals surface area contributed by atoms with Crippen molar-refractivity contribution in [3.63, 3.8) is 0 Å². The number of rotatable bonds is 3. The van der Waals surface area contributed by atoms with Crippen LogP contribution in [0.1, 0.15) is 57.2 Å². The van der Waals surface area contributed by atoms with Gasteiger partial charge in [-0.25, -0.2) is 0 Å². The van der Waals surface area contributed by atoms with E-state index in [0.29, 0.717) is 24.6 Å². The molecule has 7 nitrogen and oxygen atoms in total. The molecule has 1 aliphatic rings. The molecular weight excluding hydrogens is 294 g/mol. The largest absolute Gasteiger partial charge is 0.379 e. The van der Waals surface area contributed by atoms with E-state index >= 15 is 0 Å². The Morgan fingerprint density at radius 2 is 2.09 bits per heavy atom. The Hall–Kier alpha value is -2.18. The topological polar surface area (TPSA) is 78.3 Å². The SMILES string of the molecule is Cc1cc(Cc2noc(C3(C)CC(C(C)(C)C)=NO3)n2)n(C)n1. The molecule has 3 rings (SSSR count). The minimum absolute atomic E-state index is 0.0349. The Balaban J connectivity index is 1.76. The zero-order valence-electron chi connectivity index (χ0n) is 14.5. The van der Waals surface area contributed by atoms with Crippen LogP contribution < -0.4 is 0 Å². The summed E-state index contributed by atoms with van der Waals surface area (Å²) in [7, 11) is 1.91. The zero-order chi connectivity index (χ0) is 16.8. The van der Waals surface area contributed by atoms with E-state index in [0.717, 1.165) is 17.1 Å². The van der Waals surface area contributed by atoms with Crippen LogP contribution in [-0.4, -0.2) is 25.6 Å². The number of aryl methyl sites for hydroxylation is 2. The number of hydrogen-bond donors (Lipinski definition) is 0. The highest BCUT2D eigenvalue weighted by Gasteiger charge is 2.44. The van der Waals surface area contributed by atoms with Crippen LogP contribution in [0.5, 0.6) is 0 Å². The molecule has 23 heavy (non-hydrogen) atoms. The number of oxime groups is 1. The van der Waals surface area contributed by atoms with E-state index in [1.54, 1.807) is 0 Å². The molecule has 2 aromatic rings. The molecule has 0 radical (unpaired) electrons. The lowest BCUT2D eigenvalue weighted by molar-refractivity contribution is -0.0313. The summed E-state index contributed by atoms with van der Waals surface area (Å²) in [4.78, 5) is 10.1. The fourth-order valence-corrected chi connectivity index (χ4v) is 2.59. The lowest BCUT2D eigenvalue weighted by atomic mass is 9.84. The van der Waals surface area contributed by atoms with Crippen molar-refractivity contribution in [2.75, 3.05) is 0 Å². The number of aromatic nitrogens is 4. The molecule has 0 spiro atoms. The van der Waals surface area contributed by atoms with E-state index in [4.69, 9.17) is 9.36 Å². The first-order chi connectivity index (χ1) is 10.7. The summed E-state index contributed by atoms with van der Waals surface area (Å²) < 4.78 is 7.28. The molecule has 0 fully saturated rings. The molecule has 124 valence electrons. The Labute approximate surface area is 135 Å². The summed E-state index contributed by atoms with van der Waals surface area (Å²) in [5.74, 6) is 1.09. The normalized spacial score (nSPS) is 21.4. The van der Waals surface area contributed by atoms with Crippen LogP contribution in [0.25, 0.3) is 0 Å². The summed E-state index contributed by atoms with van der Waals surface area (Å²) in [6.07, 6.45) is 1.23. The van der Waals surface area contributed by atoms with Crippen molar-refractivity contribution in [3.8, 4) is 0 Å². The fourth-order valence-electron chi connectivity index (χ4n) is 2.59. The highest BCUT2D eigenvalue weighted by Crippen LogP contribution is 2.38. The third kappa shape index (κ3) is 3.00. The molecule has 1 atom stereocenters. The van der Waals surface area contributed by atoms with Crippen LogP contribution in [0.4, 0.5) is 0 Å². The van der Waals surface area contributed by atoms with Crippen LogP contribution in [0, 0.1) is 12.3 Å². The van der Waals surface area contributed by atoms with E-state index in [2.05, 4.69) is 41.2 Å². The molecule has 1 unspecified atom stereocenters. The first-order valence-corrected chi connectivity index (χ1v) is 7.75. The zero-order valence-corrected chi connectivity index (χ0v) is 14.5. The van der Waals surface area contributed by atoms with Gasteiger partial charge in [0.15, 0.2) is 5.82 Å². The van der Waals surface area contributed by atoms with Crippen LogP contribution in [0.2, 0.25) is 0 Å². The van der Waals surface area contributed by atoms with Gasteiger partial charge in [-0.2, -0.15) is 10.1 Å². The molecule has 0 bridgehead atoms. The molecule has 2 aromatic heterocycles. The summed E-state index contributed by atoms with van der Waals surface area (Å²) in [5.41, 5.74) is 2.30. The first-order valence-electron chi connectivity index (χ1n) is 7.75. The molecule has 7 heteroatoms. The second-order valence-corrected chi connectivity index (χ2v) is 7.38. The molecule has 1 aliphatic heterocycles. The maximum absolute atomic E-state index is 5.63. The molecule has 0 N–H and O–H groups in total. The van der Waals surface area contributed by atoms with Crippen molar-refractivity contribution in [2.24, 2.45) is 17.6 Å². The van der Waals surface area contributed by atoms with Gasteiger partial charge in [0.05, 0.1) is 17.8 Å². The molecule has 3 heterocycles. The Kier molecular flexibility index (Phi) is 3.54. The monoisotopic (exact) mass is 317 g/mol. The fraction of sp³-hybridized carbons (Fsp3) is 0.625. The van der Waals surface area contributed by atoms with Gasteiger partial charge in [-0.15, -0.1) is 0 Å². The van der Waals surface area contributed by atoms with Gasteiger partial charge >= 0.3 is 0 Å². The molecule has 0 aliphatic carbocycles. The van der Waals surface area contributed by atoms with Crippen molar-refractivity contribution in [2.45, 2.75) is 53.1 Å². The second kappa shape index (κ2) is 5.18. The van der Waals surface area contributed by atoms with Gasteiger partial charge in [0.1, 0.15) is 0 Å². The van der Waals surface area contributed by atoms with Crippen molar-refractivity contribution in [1.82, 2.24) is 19.9 Å². The number of nitrogens with zero attached hydrogens (tertiary/aromatic N) is 5. The lowest BCUT2D eigenvalue weighted by Gasteiger charge is -2.19. The summed E-state index contributed by atoms with van der Waals surface area (Å²) in [6, 6.07) is 2.02. The standard InChI is InChI=1S/C16H23N5O2/c1-10-7-11(21(6)18-10)8-13-17-14(22-20-13)16(5)9-12(19-23-16)15(2,3)4/h7H,8-9H2,1-6H3. The molecule has 0 saturated carbocycles. The quantitative estimate of drug-likeness (QED) is 0.869. The summed E-state index contributed by atoms with van der Waals surface area (Å²) in [5, 5.41) is 12.6. The Bertz CT molecular complexity index is 753. The van der Waals surface area contributed by atoms with E-state index < -0.39 is 5.60 Å². The smallest absolute Gasteiger partial charge is 0.273 e. The van der Waals surface area contributed by atoms with Crippen molar-refractivity contribution in [3.05, 3.63) is 29.2 Å². The Morgan fingerprint density at radius 3 is 2.65 bits per heavy atom. The molecular formula is C16H23N5O2. The van der Waals surface area contributed by atoms with Crippen LogP contribution in [0.3, 0.4) is 0 Å². The molecule has 0 aromatic carbocycles. The highest BCUT2D eigenvalue weighted by atomic mass is 16.7. The van der Waals surface area contributed by atoms with Gasteiger partial charge in [0.25, 0.3) is 5.89 Å². The third-order valence-corrected chi connectivity index (χ3v) is 4.09. The van der Waals surface area contributed by atoms with Crippen molar-refractivity contribution >= 4 is 5.71 Å². The van der Waals surface area contributed by atoms with Gasteiger partial charge in [-0.05, 0) is 19.9 Å². The van der Waals surface area contributed by atoms with Gasteiger partial charge in [0.2, 0.25) is 5.60 Å². The van der Waals surface area contributed by atoms with Crippen LogP contribution >= 0.6 is 0 Å². The average molecular weight is 317 g/mol. The minimum atomic E-state index is -0.684. The molecule has 0 amide bonds. The number of hydrogen-bond acceptors (Lipinski definition) is 6. The highest BCUT2D eigenvalue weighted by molar-refractivity contribution is 5.90.